The summed E-state index contributed by atoms with van der Waals surface area (Å²) in [4.78, 5) is 24.4. The van der Waals surface area contributed by atoms with Crippen molar-refractivity contribution in [2.75, 3.05) is 13.2 Å². The first kappa shape index (κ1) is 22.3. The third-order valence-corrected chi connectivity index (χ3v) is 4.32. The minimum atomic E-state index is -0.454. The molecular weight excluding hydrogens is 368 g/mol. The van der Waals surface area contributed by atoms with E-state index in [9.17, 15) is 9.59 Å². The summed E-state index contributed by atoms with van der Waals surface area (Å²) in [6, 6.07) is 14.5. The van der Waals surface area contributed by atoms with Crippen LogP contribution in [0.4, 0.5) is 0 Å². The number of benzene rings is 2. The quantitative estimate of drug-likeness (QED) is 0.624. The zero-order valence-corrected chi connectivity index (χ0v) is 17.5. The normalized spacial score (nSPS) is 10.7. The summed E-state index contributed by atoms with van der Waals surface area (Å²) in [6.45, 7) is 8.77. The summed E-state index contributed by atoms with van der Waals surface area (Å²) in [6.07, 6.45) is 0.891. The van der Waals surface area contributed by atoms with Crippen LogP contribution in [-0.2, 0) is 4.79 Å². The first-order valence-electron chi connectivity index (χ1n) is 9.90. The number of hydrogen-bond acceptors (Lipinski definition) is 4. The molecule has 0 aliphatic rings. The summed E-state index contributed by atoms with van der Waals surface area (Å²) in [7, 11) is 0. The van der Waals surface area contributed by atoms with Crippen LogP contribution in [0.5, 0.6) is 11.5 Å². The summed E-state index contributed by atoms with van der Waals surface area (Å²) in [5.74, 6) is 1.13. The number of rotatable bonds is 9. The highest BCUT2D eigenvalue weighted by atomic mass is 16.5. The molecule has 0 aromatic heterocycles. The van der Waals surface area contributed by atoms with E-state index in [0.29, 0.717) is 35.5 Å². The fourth-order valence-electron chi connectivity index (χ4n) is 2.51. The van der Waals surface area contributed by atoms with E-state index in [-0.39, 0.29) is 6.61 Å². The average Bonchev–Trinajstić information content (AvgIpc) is 2.71. The van der Waals surface area contributed by atoms with E-state index in [4.69, 9.17) is 9.47 Å². The number of hydrogen-bond donors (Lipinski definition) is 2. The molecule has 0 unspecified atom stereocenters. The van der Waals surface area contributed by atoms with Crippen molar-refractivity contribution >= 4 is 11.8 Å². The van der Waals surface area contributed by atoms with Crippen LogP contribution in [0.15, 0.2) is 48.5 Å². The Hall–Kier alpha value is -3.02. The van der Waals surface area contributed by atoms with Gasteiger partial charge in [-0.25, -0.2) is 0 Å². The molecule has 0 bridgehead atoms. The predicted molar refractivity (Wildman–Crippen MR) is 113 cm³/mol. The molecule has 0 saturated heterocycles. The molecule has 0 heterocycles. The highest BCUT2D eigenvalue weighted by Crippen LogP contribution is 2.19. The lowest BCUT2D eigenvalue weighted by atomic mass is 10.0. The molecular formula is C23H30N2O4. The third-order valence-electron chi connectivity index (χ3n) is 4.32. The van der Waals surface area contributed by atoms with Gasteiger partial charge in [-0.05, 0) is 48.1 Å². The van der Waals surface area contributed by atoms with Crippen LogP contribution < -0.4 is 20.3 Å². The Morgan fingerprint density at radius 1 is 0.897 bits per heavy atom. The van der Waals surface area contributed by atoms with E-state index in [1.54, 1.807) is 24.3 Å². The van der Waals surface area contributed by atoms with E-state index < -0.39 is 11.8 Å². The number of para-hydroxylation sites is 1. The van der Waals surface area contributed by atoms with Crippen LogP contribution in [-0.4, -0.2) is 25.0 Å². The van der Waals surface area contributed by atoms with E-state index in [1.165, 1.54) is 5.56 Å². The van der Waals surface area contributed by atoms with E-state index in [0.717, 1.165) is 6.42 Å². The molecule has 29 heavy (non-hydrogen) atoms. The van der Waals surface area contributed by atoms with Gasteiger partial charge < -0.3 is 9.47 Å². The second-order valence-corrected chi connectivity index (χ2v) is 7.54. The minimum absolute atomic E-state index is 0.201. The largest absolute Gasteiger partial charge is 0.493 e. The first-order valence-corrected chi connectivity index (χ1v) is 9.90. The summed E-state index contributed by atoms with van der Waals surface area (Å²) in [5, 5.41) is 0. The maximum atomic E-state index is 12.4. The number of ether oxygens (including phenoxy) is 2. The van der Waals surface area contributed by atoms with Gasteiger partial charge in [0.25, 0.3) is 11.8 Å². The molecule has 2 amide bonds. The molecule has 0 fully saturated rings. The SMILES string of the molecule is CC(C)CCOc1ccccc1C(=O)NNC(=O)COc1ccc(C(C)C)cc1. The summed E-state index contributed by atoms with van der Waals surface area (Å²) >= 11 is 0. The molecule has 2 N–H and O–H groups in total. The van der Waals surface area contributed by atoms with Crippen molar-refractivity contribution in [3.8, 4) is 11.5 Å². The van der Waals surface area contributed by atoms with Crippen molar-refractivity contribution in [3.05, 3.63) is 59.7 Å². The van der Waals surface area contributed by atoms with Crippen molar-refractivity contribution in [1.82, 2.24) is 10.9 Å². The second-order valence-electron chi connectivity index (χ2n) is 7.54. The average molecular weight is 399 g/mol. The van der Waals surface area contributed by atoms with Gasteiger partial charge in [0.05, 0.1) is 12.2 Å². The third kappa shape index (κ3) is 7.49. The highest BCUT2D eigenvalue weighted by Gasteiger charge is 2.13. The molecule has 0 aliphatic carbocycles. The van der Waals surface area contributed by atoms with E-state index in [1.807, 2.05) is 24.3 Å². The van der Waals surface area contributed by atoms with E-state index >= 15 is 0 Å². The smallest absolute Gasteiger partial charge is 0.276 e. The van der Waals surface area contributed by atoms with Gasteiger partial charge in [0.2, 0.25) is 0 Å². The van der Waals surface area contributed by atoms with Crippen LogP contribution in [0.3, 0.4) is 0 Å². The van der Waals surface area contributed by atoms with Crippen molar-refractivity contribution in [2.24, 2.45) is 5.92 Å². The topological polar surface area (TPSA) is 76.7 Å². The highest BCUT2D eigenvalue weighted by molar-refractivity contribution is 5.97. The van der Waals surface area contributed by atoms with Gasteiger partial charge in [0.15, 0.2) is 6.61 Å². The minimum Gasteiger partial charge on any atom is -0.493 e. The second kappa shape index (κ2) is 11.1. The molecule has 0 radical (unpaired) electrons. The Kier molecular flexibility index (Phi) is 8.52. The van der Waals surface area contributed by atoms with Crippen molar-refractivity contribution in [1.29, 1.82) is 0 Å². The van der Waals surface area contributed by atoms with Gasteiger partial charge >= 0.3 is 0 Å². The van der Waals surface area contributed by atoms with Crippen LogP contribution in [0.2, 0.25) is 0 Å². The lowest BCUT2D eigenvalue weighted by Crippen LogP contribution is -2.43. The first-order chi connectivity index (χ1) is 13.9. The maximum Gasteiger partial charge on any atom is 0.276 e. The van der Waals surface area contributed by atoms with Gasteiger partial charge in [0, 0.05) is 0 Å². The Balaban J connectivity index is 1.81. The summed E-state index contributed by atoms with van der Waals surface area (Å²) in [5.41, 5.74) is 6.32. The lowest BCUT2D eigenvalue weighted by molar-refractivity contribution is -0.123. The van der Waals surface area contributed by atoms with Crippen LogP contribution in [0.25, 0.3) is 0 Å². The standard InChI is InChI=1S/C23H30N2O4/c1-16(2)13-14-28-21-8-6-5-7-20(21)23(27)25-24-22(26)15-29-19-11-9-18(10-12-19)17(3)4/h5-12,16-17H,13-15H2,1-4H3,(H,24,26)(H,25,27). The molecule has 0 spiro atoms. The maximum absolute atomic E-state index is 12.4. The van der Waals surface area contributed by atoms with Gasteiger partial charge in [0.1, 0.15) is 11.5 Å². The molecule has 2 aromatic rings. The molecule has 0 aliphatic heterocycles. The zero-order valence-electron chi connectivity index (χ0n) is 17.5. The van der Waals surface area contributed by atoms with Crippen molar-refractivity contribution < 1.29 is 19.1 Å². The van der Waals surface area contributed by atoms with E-state index in [2.05, 4.69) is 38.5 Å². The molecule has 0 atom stereocenters. The Bertz CT molecular complexity index is 801. The van der Waals surface area contributed by atoms with Crippen molar-refractivity contribution in [3.63, 3.8) is 0 Å². The molecule has 2 rings (SSSR count). The van der Waals surface area contributed by atoms with Gasteiger partial charge in [-0.15, -0.1) is 0 Å². The Labute approximate surface area is 172 Å². The Morgan fingerprint density at radius 2 is 1.59 bits per heavy atom. The molecule has 156 valence electrons. The monoisotopic (exact) mass is 398 g/mol. The van der Waals surface area contributed by atoms with Crippen molar-refractivity contribution in [2.45, 2.75) is 40.0 Å². The fraction of sp³-hybridized carbons (Fsp3) is 0.391. The number of carbonyl (C=O) groups is 2. The number of carbonyl (C=O) groups excluding carboxylic acids is 2. The predicted octanol–water partition coefficient (Wildman–Crippen LogP) is 4.07. The van der Waals surface area contributed by atoms with Gasteiger partial charge in [-0.1, -0.05) is 52.0 Å². The number of hydrazine groups is 1. The van der Waals surface area contributed by atoms with Crippen LogP contribution in [0.1, 0.15) is 56.0 Å². The fourth-order valence-corrected chi connectivity index (χ4v) is 2.51. The number of nitrogens with one attached hydrogen (secondary N) is 2. The van der Waals surface area contributed by atoms with Crippen LogP contribution in [0, 0.1) is 5.92 Å². The Morgan fingerprint density at radius 3 is 2.24 bits per heavy atom. The molecule has 6 nitrogen and oxygen atoms in total. The lowest BCUT2D eigenvalue weighted by Gasteiger charge is -2.13. The molecule has 0 saturated carbocycles. The molecule has 2 aromatic carbocycles. The van der Waals surface area contributed by atoms with Gasteiger partial charge in [-0.3, -0.25) is 20.4 Å². The summed E-state index contributed by atoms with van der Waals surface area (Å²) < 4.78 is 11.2. The molecule has 6 heteroatoms. The number of amides is 2. The van der Waals surface area contributed by atoms with Crippen LogP contribution >= 0.6 is 0 Å². The zero-order chi connectivity index (χ0) is 21.2. The van der Waals surface area contributed by atoms with Gasteiger partial charge in [-0.2, -0.15) is 0 Å².